The molecule has 1 amide bonds. The van der Waals surface area contributed by atoms with Crippen molar-refractivity contribution in [1.29, 1.82) is 0 Å². The first kappa shape index (κ1) is 24.1. The van der Waals surface area contributed by atoms with Gasteiger partial charge in [-0.05, 0) is 65.0 Å². The molecule has 182 valence electrons. The van der Waals surface area contributed by atoms with Gasteiger partial charge in [0.2, 0.25) is 0 Å². The van der Waals surface area contributed by atoms with Crippen molar-refractivity contribution in [2.45, 2.75) is 91.6 Å². The van der Waals surface area contributed by atoms with Crippen molar-refractivity contribution in [2.75, 3.05) is 26.2 Å². The molecule has 1 aromatic carbocycles. The summed E-state index contributed by atoms with van der Waals surface area (Å²) >= 11 is 0. The van der Waals surface area contributed by atoms with E-state index in [2.05, 4.69) is 45.6 Å². The Balaban J connectivity index is 1.61. The molecule has 2 aromatic rings. The van der Waals surface area contributed by atoms with Crippen LogP contribution in [0.5, 0.6) is 5.75 Å². The fourth-order valence-electron chi connectivity index (χ4n) is 5.29. The third kappa shape index (κ3) is 5.07. The largest absolute Gasteiger partial charge is 0.490 e. The predicted molar refractivity (Wildman–Crippen MR) is 131 cm³/mol. The number of likely N-dealkylation sites (tertiary alicyclic amines) is 1. The number of furan rings is 1. The smallest absolute Gasteiger partial charge is 0.290 e. The van der Waals surface area contributed by atoms with Gasteiger partial charge in [-0.3, -0.25) is 4.79 Å². The van der Waals surface area contributed by atoms with Gasteiger partial charge in [-0.15, -0.1) is 0 Å². The highest BCUT2D eigenvalue weighted by Crippen LogP contribution is 2.37. The van der Waals surface area contributed by atoms with Gasteiger partial charge in [-0.1, -0.05) is 13.8 Å². The van der Waals surface area contributed by atoms with Crippen LogP contribution in [0.4, 0.5) is 0 Å². The maximum absolute atomic E-state index is 13.5. The van der Waals surface area contributed by atoms with E-state index in [9.17, 15) is 4.79 Å². The lowest BCUT2D eigenvalue weighted by Crippen LogP contribution is -2.48. The van der Waals surface area contributed by atoms with Crippen LogP contribution in [0.25, 0.3) is 11.0 Å². The van der Waals surface area contributed by atoms with Crippen LogP contribution in [-0.2, 0) is 4.74 Å². The Labute approximate surface area is 198 Å². The summed E-state index contributed by atoms with van der Waals surface area (Å²) in [5.41, 5.74) is 2.81. The van der Waals surface area contributed by atoms with Gasteiger partial charge in [0.05, 0.1) is 12.2 Å². The molecular formula is C27H40N2O4. The van der Waals surface area contributed by atoms with Crippen molar-refractivity contribution < 1.29 is 18.7 Å². The molecular weight excluding hydrogens is 416 g/mol. The summed E-state index contributed by atoms with van der Waals surface area (Å²) in [7, 11) is 0. The molecule has 3 heterocycles. The number of carbonyl (C=O) groups excluding carboxylic acids is 1. The zero-order valence-electron chi connectivity index (χ0n) is 21.3. The van der Waals surface area contributed by atoms with Gasteiger partial charge in [-0.25, -0.2) is 0 Å². The summed E-state index contributed by atoms with van der Waals surface area (Å²) in [5.74, 6) is 1.45. The van der Waals surface area contributed by atoms with Gasteiger partial charge in [0.1, 0.15) is 17.4 Å². The number of ether oxygens (including phenoxy) is 2. The molecule has 2 aliphatic heterocycles. The van der Waals surface area contributed by atoms with E-state index < -0.39 is 0 Å². The number of piperidine rings is 1. The average Bonchev–Trinajstić information content (AvgIpc) is 3.11. The quantitative estimate of drug-likeness (QED) is 0.606. The standard InChI is InChI=1S/C27H40N2O4/c1-16(2)25-22-12-18(5)23(32-21-8-10-28(11-9-21)17(3)4)13-24(22)33-26(25)27(30)29-14-19(6)31-20(7)15-29/h12-13,16-17,19-21H,8-11,14-15H2,1-7H3. The first-order valence-corrected chi connectivity index (χ1v) is 12.6. The van der Waals surface area contributed by atoms with Crippen LogP contribution in [0.2, 0.25) is 0 Å². The normalized spacial score (nSPS) is 23.1. The van der Waals surface area contributed by atoms with Gasteiger partial charge < -0.3 is 23.7 Å². The Morgan fingerprint density at radius 3 is 2.27 bits per heavy atom. The summed E-state index contributed by atoms with van der Waals surface area (Å²) in [6.07, 6.45) is 2.32. The molecule has 2 saturated heterocycles. The SMILES string of the molecule is Cc1cc2c(C(C)C)c(C(=O)N3CC(C)OC(C)C3)oc2cc1OC1CCN(C(C)C)CC1. The number of morpholine rings is 1. The molecule has 2 unspecified atom stereocenters. The van der Waals surface area contributed by atoms with E-state index in [4.69, 9.17) is 13.9 Å². The molecule has 2 aliphatic rings. The summed E-state index contributed by atoms with van der Waals surface area (Å²) < 4.78 is 18.5. The number of hydrogen-bond acceptors (Lipinski definition) is 5. The third-order valence-corrected chi connectivity index (χ3v) is 7.00. The Morgan fingerprint density at radius 1 is 1.06 bits per heavy atom. The van der Waals surface area contributed by atoms with Crippen LogP contribution in [0.3, 0.4) is 0 Å². The fourth-order valence-corrected chi connectivity index (χ4v) is 5.29. The number of fused-ring (bicyclic) bond motifs is 1. The summed E-state index contributed by atoms with van der Waals surface area (Å²) in [4.78, 5) is 17.9. The number of nitrogens with zero attached hydrogens (tertiary/aromatic N) is 2. The highest BCUT2D eigenvalue weighted by atomic mass is 16.5. The van der Waals surface area contributed by atoms with Crippen molar-refractivity contribution in [1.82, 2.24) is 9.80 Å². The number of amides is 1. The third-order valence-electron chi connectivity index (χ3n) is 7.00. The zero-order valence-corrected chi connectivity index (χ0v) is 21.3. The Bertz CT molecular complexity index is 978. The lowest BCUT2D eigenvalue weighted by Gasteiger charge is -2.35. The van der Waals surface area contributed by atoms with Gasteiger partial charge in [-0.2, -0.15) is 0 Å². The number of carbonyl (C=O) groups is 1. The van der Waals surface area contributed by atoms with Crippen LogP contribution in [0.15, 0.2) is 16.5 Å². The second-order valence-electron chi connectivity index (χ2n) is 10.5. The van der Waals surface area contributed by atoms with E-state index >= 15 is 0 Å². The van der Waals surface area contributed by atoms with Crippen molar-refractivity contribution in [3.63, 3.8) is 0 Å². The number of rotatable bonds is 5. The second kappa shape index (κ2) is 9.67. The molecule has 2 fully saturated rings. The second-order valence-corrected chi connectivity index (χ2v) is 10.5. The molecule has 0 bridgehead atoms. The summed E-state index contributed by atoms with van der Waals surface area (Å²) in [6, 6.07) is 4.70. The highest BCUT2D eigenvalue weighted by Gasteiger charge is 2.32. The maximum atomic E-state index is 13.5. The van der Waals surface area contributed by atoms with Gasteiger partial charge in [0, 0.05) is 49.2 Å². The minimum absolute atomic E-state index is 0.0222. The minimum Gasteiger partial charge on any atom is -0.490 e. The monoisotopic (exact) mass is 456 g/mol. The highest BCUT2D eigenvalue weighted by molar-refractivity contribution is 6.00. The predicted octanol–water partition coefficient (Wildman–Crippen LogP) is 5.37. The molecule has 0 spiro atoms. The van der Waals surface area contributed by atoms with E-state index in [-0.39, 0.29) is 30.1 Å². The molecule has 0 aliphatic carbocycles. The van der Waals surface area contributed by atoms with Crippen molar-refractivity contribution in [3.05, 3.63) is 29.0 Å². The van der Waals surface area contributed by atoms with Crippen LogP contribution in [0, 0.1) is 6.92 Å². The van der Waals surface area contributed by atoms with E-state index in [0.717, 1.165) is 53.8 Å². The molecule has 0 radical (unpaired) electrons. The molecule has 2 atom stereocenters. The van der Waals surface area contributed by atoms with Crippen molar-refractivity contribution >= 4 is 16.9 Å². The summed E-state index contributed by atoms with van der Waals surface area (Å²) in [5, 5.41) is 1.02. The Morgan fingerprint density at radius 2 is 1.70 bits per heavy atom. The van der Waals surface area contributed by atoms with E-state index in [1.807, 2.05) is 24.8 Å². The molecule has 0 saturated carbocycles. The fraction of sp³-hybridized carbons (Fsp3) is 0.667. The maximum Gasteiger partial charge on any atom is 0.290 e. The summed E-state index contributed by atoms with van der Waals surface area (Å²) in [6.45, 7) is 18.1. The van der Waals surface area contributed by atoms with Gasteiger partial charge in [0.15, 0.2) is 5.76 Å². The molecule has 4 rings (SSSR count). The number of benzene rings is 1. The topological polar surface area (TPSA) is 55.2 Å². The van der Waals surface area contributed by atoms with Crippen molar-refractivity contribution in [2.24, 2.45) is 0 Å². The average molecular weight is 457 g/mol. The van der Waals surface area contributed by atoms with E-state index in [1.165, 1.54) is 0 Å². The van der Waals surface area contributed by atoms with Crippen molar-refractivity contribution in [3.8, 4) is 5.75 Å². The molecule has 6 heteroatoms. The first-order chi connectivity index (χ1) is 15.6. The zero-order chi connectivity index (χ0) is 23.9. The van der Waals surface area contributed by atoms with Crippen LogP contribution in [0.1, 0.15) is 82.0 Å². The Hall–Kier alpha value is -2.05. The van der Waals surface area contributed by atoms with Gasteiger partial charge >= 0.3 is 0 Å². The van der Waals surface area contributed by atoms with Crippen LogP contribution in [-0.4, -0.2) is 66.2 Å². The Kier molecular flexibility index (Phi) is 7.06. The van der Waals surface area contributed by atoms with Crippen LogP contribution < -0.4 is 4.74 Å². The minimum atomic E-state index is -0.0434. The number of aryl methyl sites for hydroxylation is 1. The van der Waals surface area contributed by atoms with Gasteiger partial charge in [0.25, 0.3) is 5.91 Å². The lowest BCUT2D eigenvalue weighted by molar-refractivity contribution is -0.0592. The van der Waals surface area contributed by atoms with E-state index in [1.54, 1.807) is 0 Å². The van der Waals surface area contributed by atoms with Crippen LogP contribution >= 0.6 is 0 Å². The molecule has 0 N–H and O–H groups in total. The molecule has 33 heavy (non-hydrogen) atoms. The molecule has 1 aromatic heterocycles. The lowest BCUT2D eigenvalue weighted by atomic mass is 9.97. The number of hydrogen-bond donors (Lipinski definition) is 0. The van der Waals surface area contributed by atoms with E-state index in [0.29, 0.717) is 24.9 Å². The molecule has 6 nitrogen and oxygen atoms in total. The first-order valence-electron chi connectivity index (χ1n) is 12.6.